The van der Waals surface area contributed by atoms with E-state index in [1.165, 1.54) is 16.2 Å². The van der Waals surface area contributed by atoms with E-state index < -0.39 is 11.8 Å². The van der Waals surface area contributed by atoms with E-state index in [1.807, 2.05) is 11.4 Å². The minimum absolute atomic E-state index is 0.106. The lowest BCUT2D eigenvalue weighted by atomic mass is 10.0. The third kappa shape index (κ3) is 7.44. The summed E-state index contributed by atoms with van der Waals surface area (Å²) in [5.74, 6) is 0. The van der Waals surface area contributed by atoms with E-state index in [0.29, 0.717) is 13.1 Å². The summed E-state index contributed by atoms with van der Waals surface area (Å²) >= 11 is 0. The predicted octanol–water partition coefficient (Wildman–Crippen LogP) is 4.36. The normalized spacial score (nSPS) is 17.3. The summed E-state index contributed by atoms with van der Waals surface area (Å²) in [5, 5.41) is 16.2. The number of hydrogen-bond donors (Lipinski definition) is 1. The fraction of sp³-hybridized carbons (Fsp3) is 0.500. The molecule has 9 nitrogen and oxygen atoms in total. The van der Waals surface area contributed by atoms with E-state index in [1.54, 1.807) is 20.8 Å². The molecule has 0 radical (unpaired) electrons. The average Bonchev–Trinajstić information content (AvgIpc) is 3.22. The van der Waals surface area contributed by atoms with Crippen LogP contribution in [0, 0.1) is 13.8 Å². The molecule has 0 saturated carbocycles. The zero-order valence-corrected chi connectivity index (χ0v) is 24.0. The Bertz CT molecular complexity index is 1310. The Morgan fingerprint density at radius 3 is 2.59 bits per heavy atom. The first-order valence-electron chi connectivity index (χ1n) is 13.7. The Kier molecular flexibility index (Phi) is 9.04. The number of aromatic nitrogens is 3. The third-order valence-corrected chi connectivity index (χ3v) is 6.75. The van der Waals surface area contributed by atoms with E-state index >= 15 is 0 Å². The van der Waals surface area contributed by atoms with Gasteiger partial charge in [0.25, 0.3) is 0 Å². The van der Waals surface area contributed by atoms with Crippen molar-refractivity contribution >= 4 is 17.9 Å². The summed E-state index contributed by atoms with van der Waals surface area (Å²) in [6.45, 7) is 14.1. The summed E-state index contributed by atoms with van der Waals surface area (Å²) in [4.78, 5) is 24.4. The van der Waals surface area contributed by atoms with Crippen molar-refractivity contribution in [2.24, 2.45) is 0 Å². The molecule has 1 fully saturated rings. The molecular formula is C30H41N5O4. The number of piperazine rings is 1. The predicted molar refractivity (Wildman–Crippen MR) is 151 cm³/mol. The molecule has 3 aromatic rings. The topological polar surface area (TPSA) is 92.4 Å². The zero-order chi connectivity index (χ0) is 28.2. The van der Waals surface area contributed by atoms with Crippen LogP contribution in [0.3, 0.4) is 0 Å². The average molecular weight is 536 g/mol. The minimum atomic E-state index is -0.744. The second-order valence-electron chi connectivity index (χ2n) is 11.2. The Labute approximate surface area is 231 Å². The standard InChI is InChI=1S/C30H41N5O4/c1-7-27-26(28-31-21(2)17-22(3)35(28)32-27)18-24-12-10-23(11-13-24)9-8-14-33-15-16-34(25(19-33)20-36)39-29(37)38-30(4,5)6/h8-13,17,25,36H,7,14-16,18-20H2,1-6H3/b9-8+/t25-/m0/s1. The van der Waals surface area contributed by atoms with Gasteiger partial charge in [-0.2, -0.15) is 5.10 Å². The highest BCUT2D eigenvalue weighted by atomic mass is 16.8. The molecule has 4 rings (SSSR count). The molecule has 1 atom stereocenters. The van der Waals surface area contributed by atoms with Crippen molar-refractivity contribution in [3.63, 3.8) is 0 Å². The number of hydroxylamine groups is 2. The van der Waals surface area contributed by atoms with Crippen molar-refractivity contribution in [2.75, 3.05) is 32.8 Å². The molecule has 210 valence electrons. The molecule has 1 aromatic carbocycles. The Morgan fingerprint density at radius 2 is 1.92 bits per heavy atom. The van der Waals surface area contributed by atoms with Crippen LogP contribution < -0.4 is 0 Å². The van der Waals surface area contributed by atoms with Crippen molar-refractivity contribution in [1.29, 1.82) is 0 Å². The summed E-state index contributed by atoms with van der Waals surface area (Å²) in [6.07, 6.45) is 5.17. The molecule has 2 aromatic heterocycles. The first-order chi connectivity index (χ1) is 18.6. The second-order valence-corrected chi connectivity index (χ2v) is 11.2. The van der Waals surface area contributed by atoms with Crippen LogP contribution in [0.25, 0.3) is 11.7 Å². The monoisotopic (exact) mass is 535 g/mol. The fourth-order valence-electron chi connectivity index (χ4n) is 4.86. The highest BCUT2D eigenvalue weighted by molar-refractivity contribution is 5.60. The van der Waals surface area contributed by atoms with E-state index in [2.05, 4.69) is 61.2 Å². The van der Waals surface area contributed by atoms with Gasteiger partial charge in [0.05, 0.1) is 18.3 Å². The van der Waals surface area contributed by atoms with Crippen molar-refractivity contribution in [3.8, 4) is 0 Å². The minimum Gasteiger partial charge on any atom is -0.427 e. The number of ether oxygens (including phenoxy) is 1. The molecule has 0 spiro atoms. The number of rotatable bonds is 8. The maximum absolute atomic E-state index is 12.0. The van der Waals surface area contributed by atoms with Crippen LogP contribution in [0.1, 0.15) is 61.5 Å². The van der Waals surface area contributed by atoms with Crippen LogP contribution >= 0.6 is 0 Å². The van der Waals surface area contributed by atoms with Crippen LogP contribution in [0.15, 0.2) is 36.4 Å². The van der Waals surface area contributed by atoms with Crippen molar-refractivity contribution in [1.82, 2.24) is 24.6 Å². The molecule has 3 heterocycles. The van der Waals surface area contributed by atoms with Crippen LogP contribution in [0.2, 0.25) is 0 Å². The van der Waals surface area contributed by atoms with Gasteiger partial charge in [0.1, 0.15) is 5.60 Å². The zero-order valence-electron chi connectivity index (χ0n) is 24.0. The largest absolute Gasteiger partial charge is 0.528 e. The highest BCUT2D eigenvalue weighted by Crippen LogP contribution is 2.22. The maximum Gasteiger partial charge on any atom is 0.528 e. The van der Waals surface area contributed by atoms with Crippen LogP contribution in [-0.2, 0) is 22.4 Å². The number of aryl methyl sites for hydroxylation is 3. The molecule has 0 aliphatic carbocycles. The molecule has 9 heteroatoms. The van der Waals surface area contributed by atoms with Gasteiger partial charge in [-0.3, -0.25) is 4.90 Å². The van der Waals surface area contributed by atoms with Crippen LogP contribution in [0.4, 0.5) is 4.79 Å². The van der Waals surface area contributed by atoms with Crippen molar-refractivity contribution in [3.05, 3.63) is 70.2 Å². The molecule has 0 amide bonds. The number of carbonyl (C=O) groups is 1. The summed E-state index contributed by atoms with van der Waals surface area (Å²) in [5.41, 5.74) is 7.07. The van der Waals surface area contributed by atoms with Crippen LogP contribution in [-0.4, -0.2) is 80.3 Å². The second kappa shape index (κ2) is 12.3. The Balaban J connectivity index is 1.33. The molecule has 1 saturated heterocycles. The summed E-state index contributed by atoms with van der Waals surface area (Å²) < 4.78 is 7.20. The summed E-state index contributed by atoms with van der Waals surface area (Å²) in [7, 11) is 0. The van der Waals surface area contributed by atoms with Crippen molar-refractivity contribution < 1.29 is 19.5 Å². The quantitative estimate of drug-likeness (QED) is 0.426. The number of benzene rings is 1. The number of aliphatic hydroxyl groups excluding tert-OH is 1. The number of hydrogen-bond acceptors (Lipinski definition) is 8. The number of nitrogens with zero attached hydrogens (tertiary/aromatic N) is 5. The van der Waals surface area contributed by atoms with Crippen LogP contribution in [0.5, 0.6) is 0 Å². The number of carbonyl (C=O) groups excluding carboxylic acids is 1. The van der Waals surface area contributed by atoms with Crippen molar-refractivity contribution in [2.45, 2.75) is 66.0 Å². The molecule has 1 aliphatic heterocycles. The van der Waals surface area contributed by atoms with E-state index in [9.17, 15) is 9.90 Å². The summed E-state index contributed by atoms with van der Waals surface area (Å²) in [6, 6.07) is 10.4. The fourth-order valence-corrected chi connectivity index (χ4v) is 4.86. The molecule has 1 N–H and O–H groups in total. The smallest absolute Gasteiger partial charge is 0.427 e. The Morgan fingerprint density at radius 1 is 1.18 bits per heavy atom. The third-order valence-electron chi connectivity index (χ3n) is 6.75. The lowest BCUT2D eigenvalue weighted by Gasteiger charge is -2.38. The van der Waals surface area contributed by atoms with E-state index in [4.69, 9.17) is 19.7 Å². The maximum atomic E-state index is 12.0. The molecule has 1 aliphatic rings. The van der Waals surface area contributed by atoms with Gasteiger partial charge in [-0.25, -0.2) is 14.3 Å². The van der Waals surface area contributed by atoms with Gasteiger partial charge >= 0.3 is 6.16 Å². The van der Waals surface area contributed by atoms with Gasteiger partial charge in [0.2, 0.25) is 0 Å². The molecule has 39 heavy (non-hydrogen) atoms. The van der Waals surface area contributed by atoms with Gasteiger partial charge in [0, 0.05) is 49.6 Å². The number of aliphatic hydroxyl groups is 1. The van der Waals surface area contributed by atoms with Gasteiger partial charge < -0.3 is 14.7 Å². The van der Waals surface area contributed by atoms with Gasteiger partial charge in [-0.1, -0.05) is 43.3 Å². The number of fused-ring (bicyclic) bond motifs is 1. The first kappa shape index (κ1) is 28.7. The van der Waals surface area contributed by atoms with E-state index in [0.717, 1.165) is 54.2 Å². The highest BCUT2D eigenvalue weighted by Gasteiger charge is 2.30. The Hall–Kier alpha value is -3.27. The lowest BCUT2D eigenvalue weighted by molar-refractivity contribution is -0.190. The van der Waals surface area contributed by atoms with Gasteiger partial charge in [-0.15, -0.1) is 5.06 Å². The molecular weight excluding hydrogens is 494 g/mol. The molecule has 0 unspecified atom stereocenters. The SMILES string of the molecule is CCc1nn2c(C)cc(C)nc2c1Cc1ccc(/C=C/CN2CCN(OC(=O)OC(C)(C)C)[C@H](CO)C2)cc1. The van der Waals surface area contributed by atoms with Gasteiger partial charge in [0.15, 0.2) is 5.65 Å². The lowest BCUT2D eigenvalue weighted by Crippen LogP contribution is -2.55. The van der Waals surface area contributed by atoms with Gasteiger partial charge in [-0.05, 0) is 58.2 Å². The first-order valence-corrected chi connectivity index (χ1v) is 13.7. The molecule has 0 bridgehead atoms. The van der Waals surface area contributed by atoms with E-state index in [-0.39, 0.29) is 12.6 Å².